The van der Waals surface area contributed by atoms with E-state index in [4.69, 9.17) is 5.84 Å². The van der Waals surface area contributed by atoms with Gasteiger partial charge in [-0.05, 0) is 18.2 Å². The molecule has 0 amide bonds. The molecule has 1 heterocycles. The van der Waals surface area contributed by atoms with Crippen LogP contribution in [0.25, 0.3) is 0 Å². The predicted molar refractivity (Wildman–Crippen MR) is 72.3 cm³/mol. The number of hydrogen-bond acceptors (Lipinski definition) is 5. The molecule has 2 rings (SSSR count). The van der Waals surface area contributed by atoms with E-state index in [1.165, 1.54) is 0 Å². The molecule has 0 bridgehead atoms. The first-order valence-electron chi connectivity index (χ1n) is 5.34. The van der Waals surface area contributed by atoms with Crippen molar-refractivity contribution < 1.29 is 13.2 Å². The highest BCUT2D eigenvalue weighted by atomic mass is 79.9. The summed E-state index contributed by atoms with van der Waals surface area (Å²) in [7, 11) is 0. The molecule has 0 unspecified atom stereocenters. The average molecular weight is 348 g/mol. The monoisotopic (exact) mass is 347 g/mol. The number of nitrogens with zero attached hydrogens (tertiary/aromatic N) is 2. The minimum absolute atomic E-state index is 0.0154. The number of benzene rings is 1. The lowest BCUT2D eigenvalue weighted by Crippen LogP contribution is -2.16. The predicted octanol–water partition coefficient (Wildman–Crippen LogP) is 3.29. The van der Waals surface area contributed by atoms with Crippen LogP contribution >= 0.6 is 15.9 Å². The van der Waals surface area contributed by atoms with Gasteiger partial charge >= 0.3 is 6.18 Å². The fourth-order valence-electron chi connectivity index (χ4n) is 1.44. The van der Waals surface area contributed by atoms with Crippen molar-refractivity contribution in [1.82, 2.24) is 9.97 Å². The summed E-state index contributed by atoms with van der Waals surface area (Å²) in [5.74, 6) is 4.73. The average Bonchev–Trinajstić information content (AvgIpc) is 2.37. The molecule has 0 aliphatic heterocycles. The van der Waals surface area contributed by atoms with Gasteiger partial charge in [0.2, 0.25) is 5.95 Å². The molecule has 0 aliphatic carbocycles. The van der Waals surface area contributed by atoms with Gasteiger partial charge in [-0.25, -0.2) is 10.8 Å². The first kappa shape index (κ1) is 14.5. The second-order valence-corrected chi connectivity index (χ2v) is 4.66. The molecule has 0 fully saturated rings. The molecule has 106 valence electrons. The third-order valence-electron chi connectivity index (χ3n) is 2.24. The summed E-state index contributed by atoms with van der Waals surface area (Å²) in [6, 6.07) is 7.72. The van der Waals surface area contributed by atoms with Crippen LogP contribution in [0.5, 0.6) is 0 Å². The Morgan fingerprint density at radius 2 is 1.90 bits per heavy atom. The second-order valence-electron chi connectivity index (χ2n) is 3.74. The highest BCUT2D eigenvalue weighted by molar-refractivity contribution is 9.10. The fraction of sp³-hybridized carbons (Fsp3) is 0.0909. The lowest BCUT2D eigenvalue weighted by molar-refractivity contribution is -0.141. The van der Waals surface area contributed by atoms with Crippen molar-refractivity contribution in [2.75, 3.05) is 10.7 Å². The van der Waals surface area contributed by atoms with Crippen molar-refractivity contribution in [3.63, 3.8) is 0 Å². The summed E-state index contributed by atoms with van der Waals surface area (Å²) in [6.07, 6.45) is -4.58. The Kier molecular flexibility index (Phi) is 4.09. The molecule has 1 aromatic carbocycles. The van der Waals surface area contributed by atoms with Crippen molar-refractivity contribution in [3.05, 3.63) is 40.5 Å². The molecule has 4 N–H and O–H groups in total. The lowest BCUT2D eigenvalue weighted by Gasteiger charge is -2.11. The van der Waals surface area contributed by atoms with Crippen molar-refractivity contribution in [2.24, 2.45) is 5.84 Å². The number of alkyl halides is 3. The molecule has 0 atom stereocenters. The minimum Gasteiger partial charge on any atom is -0.340 e. The van der Waals surface area contributed by atoms with Crippen molar-refractivity contribution in [3.8, 4) is 0 Å². The minimum atomic E-state index is -4.58. The topological polar surface area (TPSA) is 75.9 Å². The zero-order chi connectivity index (χ0) is 14.8. The molecule has 0 spiro atoms. The van der Waals surface area contributed by atoms with Crippen molar-refractivity contribution >= 4 is 33.4 Å². The van der Waals surface area contributed by atoms with Crippen LogP contribution in [-0.2, 0) is 6.18 Å². The Morgan fingerprint density at radius 1 is 1.15 bits per heavy atom. The van der Waals surface area contributed by atoms with Crippen molar-refractivity contribution in [1.29, 1.82) is 0 Å². The molecule has 9 heteroatoms. The molecular formula is C11H9BrF3N5. The summed E-state index contributed by atoms with van der Waals surface area (Å²) in [5, 5.41) is 2.76. The highest BCUT2D eigenvalue weighted by Gasteiger charge is 2.33. The van der Waals surface area contributed by atoms with E-state index >= 15 is 0 Å². The van der Waals surface area contributed by atoms with Gasteiger partial charge in [-0.2, -0.15) is 18.2 Å². The first-order valence-corrected chi connectivity index (χ1v) is 6.13. The molecule has 0 saturated carbocycles. The normalized spacial score (nSPS) is 11.2. The van der Waals surface area contributed by atoms with Gasteiger partial charge in [-0.1, -0.05) is 22.0 Å². The zero-order valence-corrected chi connectivity index (χ0v) is 11.5. The number of rotatable bonds is 3. The van der Waals surface area contributed by atoms with Crippen LogP contribution in [0.3, 0.4) is 0 Å². The van der Waals surface area contributed by atoms with Gasteiger partial charge in [0.1, 0.15) is 5.82 Å². The van der Waals surface area contributed by atoms with E-state index in [1.54, 1.807) is 24.3 Å². The fourth-order valence-corrected chi connectivity index (χ4v) is 1.83. The lowest BCUT2D eigenvalue weighted by atomic mass is 10.3. The molecule has 5 nitrogen and oxygen atoms in total. The van der Waals surface area contributed by atoms with Crippen LogP contribution in [0.1, 0.15) is 5.69 Å². The Labute approximate surface area is 120 Å². The molecule has 20 heavy (non-hydrogen) atoms. The maximum absolute atomic E-state index is 12.7. The Balaban J connectivity index is 2.36. The van der Waals surface area contributed by atoms with Crippen LogP contribution in [0.15, 0.2) is 34.8 Å². The quantitative estimate of drug-likeness (QED) is 0.586. The van der Waals surface area contributed by atoms with Gasteiger partial charge in [0.25, 0.3) is 0 Å². The Bertz CT molecular complexity index is 617. The number of nitrogens with one attached hydrogen (secondary N) is 2. The summed E-state index contributed by atoms with van der Waals surface area (Å²) in [6.45, 7) is 0. The van der Waals surface area contributed by atoms with Crippen LogP contribution in [-0.4, -0.2) is 9.97 Å². The number of aromatic nitrogens is 2. The van der Waals surface area contributed by atoms with Gasteiger partial charge < -0.3 is 5.32 Å². The van der Waals surface area contributed by atoms with E-state index in [0.717, 1.165) is 10.5 Å². The number of halogens is 4. The second kappa shape index (κ2) is 5.63. The molecule has 0 aliphatic rings. The summed E-state index contributed by atoms with van der Waals surface area (Å²) in [5.41, 5.74) is 1.50. The van der Waals surface area contributed by atoms with Gasteiger partial charge in [0.05, 0.1) is 0 Å². The molecular weight excluding hydrogens is 339 g/mol. The Morgan fingerprint density at radius 3 is 2.50 bits per heavy atom. The third kappa shape index (κ3) is 3.58. The molecule has 0 saturated heterocycles. The van der Waals surface area contributed by atoms with Crippen molar-refractivity contribution in [2.45, 2.75) is 6.18 Å². The maximum Gasteiger partial charge on any atom is 0.433 e. The van der Waals surface area contributed by atoms with E-state index in [1.807, 2.05) is 5.43 Å². The number of anilines is 3. The van der Waals surface area contributed by atoms with Gasteiger partial charge in [0.15, 0.2) is 5.69 Å². The number of hydrazine groups is 1. The summed E-state index contributed by atoms with van der Waals surface area (Å²) in [4.78, 5) is 7.08. The van der Waals surface area contributed by atoms with Gasteiger partial charge in [0, 0.05) is 16.2 Å². The Hall–Kier alpha value is -1.87. The van der Waals surface area contributed by atoms with E-state index in [-0.39, 0.29) is 11.8 Å². The molecule has 0 radical (unpaired) electrons. The maximum atomic E-state index is 12.7. The van der Waals surface area contributed by atoms with E-state index in [9.17, 15) is 13.2 Å². The largest absolute Gasteiger partial charge is 0.433 e. The van der Waals surface area contributed by atoms with Gasteiger partial charge in [-0.3, -0.25) is 5.43 Å². The number of nitrogen functional groups attached to an aromatic ring is 1. The van der Waals surface area contributed by atoms with Crippen LogP contribution in [0.2, 0.25) is 0 Å². The first-order chi connectivity index (χ1) is 9.38. The smallest absolute Gasteiger partial charge is 0.340 e. The summed E-state index contributed by atoms with van der Waals surface area (Å²) < 4.78 is 38.9. The highest BCUT2D eigenvalue weighted by Crippen LogP contribution is 2.30. The summed E-state index contributed by atoms with van der Waals surface area (Å²) >= 11 is 3.26. The SMILES string of the molecule is NNc1nc(Nc2cccc(Br)c2)cc(C(F)(F)F)n1. The van der Waals surface area contributed by atoms with Crippen LogP contribution in [0.4, 0.5) is 30.6 Å². The standard InChI is InChI=1S/C11H9BrF3N5/c12-6-2-1-3-7(4-6)17-9-5-8(11(13,14)15)18-10(19-9)20-16/h1-5H,16H2,(H2,17,18,19,20). The zero-order valence-electron chi connectivity index (χ0n) is 9.87. The van der Waals surface area contributed by atoms with Crippen LogP contribution < -0.4 is 16.6 Å². The number of hydrogen-bond donors (Lipinski definition) is 3. The van der Waals surface area contributed by atoms with E-state index < -0.39 is 11.9 Å². The van der Waals surface area contributed by atoms with E-state index in [2.05, 4.69) is 31.2 Å². The molecule has 2 aromatic rings. The molecule has 1 aromatic heterocycles. The number of nitrogens with two attached hydrogens (primary N) is 1. The van der Waals surface area contributed by atoms with E-state index in [0.29, 0.717) is 5.69 Å². The third-order valence-corrected chi connectivity index (χ3v) is 2.74. The van der Waals surface area contributed by atoms with Gasteiger partial charge in [-0.15, -0.1) is 0 Å². The van der Waals surface area contributed by atoms with Crippen LogP contribution in [0, 0.1) is 0 Å².